The third kappa shape index (κ3) is 2.69. The van der Waals surface area contributed by atoms with E-state index >= 15 is 0 Å². The number of carbonyl (C=O) groups is 1. The van der Waals surface area contributed by atoms with Crippen LogP contribution in [0.1, 0.15) is 21.9 Å². The molecule has 0 saturated heterocycles. The predicted molar refractivity (Wildman–Crippen MR) is 86.9 cm³/mol. The van der Waals surface area contributed by atoms with Gasteiger partial charge in [-0.15, -0.1) is 0 Å². The fourth-order valence-corrected chi connectivity index (χ4v) is 3.04. The largest absolute Gasteiger partial charge is 0.476 e. The van der Waals surface area contributed by atoms with Crippen LogP contribution in [0.2, 0.25) is 0 Å². The van der Waals surface area contributed by atoms with Gasteiger partial charge in [0.2, 0.25) is 0 Å². The first-order valence-electron chi connectivity index (χ1n) is 7.81. The molecule has 0 atom stereocenters. The van der Waals surface area contributed by atoms with E-state index in [0.717, 1.165) is 30.2 Å². The number of aromatic nitrogens is 4. The van der Waals surface area contributed by atoms with Gasteiger partial charge in [-0.2, -0.15) is 10.2 Å². The molecule has 24 heavy (non-hydrogen) atoms. The first-order chi connectivity index (χ1) is 11.7. The lowest BCUT2D eigenvalue weighted by atomic mass is 10.2. The highest BCUT2D eigenvalue weighted by Gasteiger charge is 2.21. The fourth-order valence-electron chi connectivity index (χ4n) is 3.04. The van der Waals surface area contributed by atoms with Crippen LogP contribution in [0.15, 0.2) is 48.7 Å². The van der Waals surface area contributed by atoms with Crippen LogP contribution in [0, 0.1) is 0 Å². The Labute approximate surface area is 138 Å². The third-order valence-corrected chi connectivity index (χ3v) is 4.20. The average Bonchev–Trinajstić information content (AvgIpc) is 3.22. The van der Waals surface area contributed by atoms with Crippen LogP contribution in [-0.2, 0) is 19.6 Å². The highest BCUT2D eigenvalue weighted by molar-refractivity contribution is 5.85. The summed E-state index contributed by atoms with van der Waals surface area (Å²) in [5.41, 5.74) is 3.19. The third-order valence-electron chi connectivity index (χ3n) is 4.20. The fraction of sp³-hybridized carbons (Fsp3) is 0.235. The van der Waals surface area contributed by atoms with Crippen molar-refractivity contribution in [2.45, 2.75) is 19.6 Å². The van der Waals surface area contributed by atoms with Gasteiger partial charge in [0.05, 0.1) is 23.6 Å². The highest BCUT2D eigenvalue weighted by Crippen LogP contribution is 2.18. The summed E-state index contributed by atoms with van der Waals surface area (Å²) < 4.78 is 3.73. The van der Waals surface area contributed by atoms with Crippen molar-refractivity contribution in [1.29, 1.82) is 0 Å². The van der Waals surface area contributed by atoms with Gasteiger partial charge in [0.1, 0.15) is 0 Å². The van der Waals surface area contributed by atoms with Gasteiger partial charge in [-0.3, -0.25) is 9.58 Å². The first-order valence-corrected chi connectivity index (χ1v) is 7.81. The number of hydrogen-bond donors (Lipinski definition) is 1. The molecule has 1 N–H and O–H groups in total. The Bertz CT molecular complexity index is 868. The normalized spacial score (nSPS) is 14.5. The minimum absolute atomic E-state index is 0.112. The van der Waals surface area contributed by atoms with Crippen LogP contribution in [0.3, 0.4) is 0 Å². The van der Waals surface area contributed by atoms with Crippen molar-refractivity contribution in [3.63, 3.8) is 0 Å². The lowest BCUT2D eigenvalue weighted by molar-refractivity contribution is 0.0689. The number of aromatic carboxylic acids is 1. The Balaban J connectivity index is 1.53. The molecule has 7 nitrogen and oxygen atoms in total. The maximum atomic E-state index is 11.1. The molecule has 0 amide bonds. The van der Waals surface area contributed by atoms with Crippen molar-refractivity contribution >= 4 is 5.97 Å². The van der Waals surface area contributed by atoms with Crippen molar-refractivity contribution in [2.24, 2.45) is 0 Å². The van der Waals surface area contributed by atoms with E-state index in [9.17, 15) is 4.79 Å². The zero-order valence-corrected chi connectivity index (χ0v) is 13.0. The van der Waals surface area contributed by atoms with Crippen LogP contribution >= 0.6 is 0 Å². The molecule has 1 aliphatic rings. The molecule has 0 aliphatic carbocycles. The SMILES string of the molecule is O=C(O)c1cc2n(n1)CCN(Cc1ccnn1-c1ccccc1)C2. The molecule has 2 aromatic heterocycles. The molecule has 0 unspecified atom stereocenters. The van der Waals surface area contributed by atoms with Gasteiger partial charge in [0, 0.05) is 25.8 Å². The zero-order chi connectivity index (χ0) is 16.5. The topological polar surface area (TPSA) is 76.2 Å². The van der Waals surface area contributed by atoms with Gasteiger partial charge in [0.25, 0.3) is 0 Å². The molecular weight excluding hydrogens is 306 g/mol. The standard InChI is InChI=1S/C17H17N5O2/c23-17(24)16-10-15-12-20(8-9-21(15)19-16)11-14-6-7-18-22(14)13-4-2-1-3-5-13/h1-7,10H,8-9,11-12H2,(H,23,24). The van der Waals surface area contributed by atoms with E-state index in [0.29, 0.717) is 13.1 Å². The van der Waals surface area contributed by atoms with Crippen molar-refractivity contribution in [3.8, 4) is 5.69 Å². The van der Waals surface area contributed by atoms with Crippen molar-refractivity contribution in [2.75, 3.05) is 6.54 Å². The molecule has 4 rings (SSSR count). The summed E-state index contributed by atoms with van der Waals surface area (Å²) in [7, 11) is 0. The molecule has 3 aromatic rings. The Morgan fingerprint density at radius 1 is 1.17 bits per heavy atom. The summed E-state index contributed by atoms with van der Waals surface area (Å²) in [6.07, 6.45) is 1.80. The van der Waals surface area contributed by atoms with E-state index in [1.807, 2.05) is 41.1 Å². The number of para-hydroxylation sites is 1. The van der Waals surface area contributed by atoms with Crippen molar-refractivity contribution < 1.29 is 9.90 Å². The summed E-state index contributed by atoms with van der Waals surface area (Å²) in [4.78, 5) is 13.3. The summed E-state index contributed by atoms with van der Waals surface area (Å²) in [6, 6.07) is 13.7. The quantitative estimate of drug-likeness (QED) is 0.792. The maximum Gasteiger partial charge on any atom is 0.356 e. The molecule has 0 bridgehead atoms. The number of fused-ring (bicyclic) bond motifs is 1. The number of hydrogen-bond acceptors (Lipinski definition) is 4. The van der Waals surface area contributed by atoms with E-state index in [1.54, 1.807) is 16.9 Å². The first kappa shape index (κ1) is 14.6. The second kappa shape index (κ2) is 5.93. The number of carboxylic acids is 1. The summed E-state index contributed by atoms with van der Waals surface area (Å²) >= 11 is 0. The Morgan fingerprint density at radius 3 is 2.79 bits per heavy atom. The lowest BCUT2D eigenvalue weighted by Gasteiger charge is -2.27. The van der Waals surface area contributed by atoms with Crippen LogP contribution < -0.4 is 0 Å². The summed E-state index contributed by atoms with van der Waals surface area (Å²) in [6.45, 7) is 2.96. The molecule has 1 aromatic carbocycles. The lowest BCUT2D eigenvalue weighted by Crippen LogP contribution is -2.34. The van der Waals surface area contributed by atoms with Crippen molar-refractivity contribution in [1.82, 2.24) is 24.5 Å². The van der Waals surface area contributed by atoms with Crippen LogP contribution in [0.5, 0.6) is 0 Å². The Hall–Kier alpha value is -2.93. The smallest absolute Gasteiger partial charge is 0.356 e. The second-order valence-electron chi connectivity index (χ2n) is 5.83. The molecule has 7 heteroatoms. The molecule has 1 aliphatic heterocycles. The monoisotopic (exact) mass is 323 g/mol. The zero-order valence-electron chi connectivity index (χ0n) is 13.0. The molecular formula is C17H17N5O2. The van der Waals surface area contributed by atoms with E-state index in [4.69, 9.17) is 5.11 Å². The van der Waals surface area contributed by atoms with Gasteiger partial charge < -0.3 is 5.11 Å². The number of benzene rings is 1. The van der Waals surface area contributed by atoms with E-state index in [1.165, 1.54) is 0 Å². The van der Waals surface area contributed by atoms with E-state index in [-0.39, 0.29) is 5.69 Å². The van der Waals surface area contributed by atoms with E-state index < -0.39 is 5.97 Å². The maximum absolute atomic E-state index is 11.1. The minimum atomic E-state index is -0.981. The van der Waals surface area contributed by atoms with Gasteiger partial charge in [0.15, 0.2) is 5.69 Å². The number of nitrogens with zero attached hydrogens (tertiary/aromatic N) is 5. The molecule has 0 saturated carbocycles. The molecule has 0 radical (unpaired) electrons. The van der Waals surface area contributed by atoms with Gasteiger partial charge >= 0.3 is 5.97 Å². The minimum Gasteiger partial charge on any atom is -0.476 e. The molecule has 3 heterocycles. The average molecular weight is 323 g/mol. The molecule has 0 spiro atoms. The second-order valence-corrected chi connectivity index (χ2v) is 5.83. The highest BCUT2D eigenvalue weighted by atomic mass is 16.4. The van der Waals surface area contributed by atoms with Gasteiger partial charge in [-0.05, 0) is 24.3 Å². The van der Waals surface area contributed by atoms with Gasteiger partial charge in [-0.25, -0.2) is 9.48 Å². The van der Waals surface area contributed by atoms with Gasteiger partial charge in [-0.1, -0.05) is 18.2 Å². The van der Waals surface area contributed by atoms with Crippen LogP contribution in [-0.4, -0.2) is 42.1 Å². The molecule has 0 fully saturated rings. The predicted octanol–water partition coefficient (Wildman–Crippen LogP) is 1.78. The van der Waals surface area contributed by atoms with Crippen molar-refractivity contribution in [3.05, 3.63) is 65.7 Å². The Kier molecular flexibility index (Phi) is 3.62. The van der Waals surface area contributed by atoms with E-state index in [2.05, 4.69) is 15.1 Å². The number of rotatable bonds is 4. The van der Waals surface area contributed by atoms with Crippen LogP contribution in [0.25, 0.3) is 5.69 Å². The summed E-state index contributed by atoms with van der Waals surface area (Å²) in [5, 5.41) is 17.6. The van der Waals surface area contributed by atoms with Crippen LogP contribution in [0.4, 0.5) is 0 Å². The molecule has 122 valence electrons. The summed E-state index contributed by atoms with van der Waals surface area (Å²) in [5.74, 6) is -0.981. The Morgan fingerprint density at radius 2 is 2.00 bits per heavy atom. The number of carboxylic acid groups (broad SMARTS) is 1.